The Morgan fingerprint density at radius 3 is 2.41 bits per heavy atom. The van der Waals surface area contributed by atoms with Gasteiger partial charge in [0.15, 0.2) is 17.0 Å². The predicted octanol–water partition coefficient (Wildman–Crippen LogP) is 0.113. The third-order valence-corrected chi connectivity index (χ3v) is 4.72. The molecule has 0 fully saturated rings. The molecule has 2 aromatic heterocycles. The minimum atomic E-state index is -1.30. The Morgan fingerprint density at radius 2 is 1.79 bits per heavy atom. The van der Waals surface area contributed by atoms with Gasteiger partial charge < -0.3 is 34.8 Å². The van der Waals surface area contributed by atoms with Crippen LogP contribution in [-0.4, -0.2) is 98.8 Å². The number of carboxylic acid groups (broad SMARTS) is 2. The Kier molecular flexibility index (Phi) is 9.29. The average molecular weight is 497 g/mol. The van der Waals surface area contributed by atoms with E-state index >= 15 is 0 Å². The summed E-state index contributed by atoms with van der Waals surface area (Å²) in [5, 5.41) is 20.2. The minimum absolute atomic E-state index is 0. The van der Waals surface area contributed by atoms with Gasteiger partial charge in [-0.1, -0.05) is 0 Å². The van der Waals surface area contributed by atoms with Crippen LogP contribution in [0.2, 0.25) is 0 Å². The number of aliphatic carboxylic acids is 2. The number of nitrogen functional groups attached to an aromatic ring is 2. The van der Waals surface area contributed by atoms with Gasteiger partial charge in [-0.15, -0.1) is 0 Å². The Hall–Kier alpha value is -3.29. The van der Waals surface area contributed by atoms with Gasteiger partial charge in [0.25, 0.3) is 5.91 Å². The first-order valence-electron chi connectivity index (χ1n) is 9.75. The number of nitrogens with one attached hydrogen (secondary N) is 1. The van der Waals surface area contributed by atoms with Gasteiger partial charge >= 0.3 is 49.7 Å². The number of carbonyl (C=O) groups is 3. The van der Waals surface area contributed by atoms with Crippen molar-refractivity contribution in [1.82, 2.24) is 25.3 Å². The number of nitrogens with two attached hydrogens (primary N) is 2. The number of hydrogen-bond acceptors (Lipinski definition) is 10. The monoisotopic (exact) mass is 496 g/mol. The first-order chi connectivity index (χ1) is 15.6. The molecule has 2 heterocycles. The molecular formula is C20H24CaN8O5. The van der Waals surface area contributed by atoms with Crippen LogP contribution in [0, 0.1) is 0 Å². The fraction of sp³-hybridized carbons (Fsp3) is 0.250. The fourth-order valence-corrected chi connectivity index (χ4v) is 3.03. The molecule has 0 bridgehead atoms. The summed E-state index contributed by atoms with van der Waals surface area (Å²) < 4.78 is 0. The molecule has 14 heteroatoms. The molecule has 0 aliphatic heterocycles. The van der Waals surface area contributed by atoms with Gasteiger partial charge in [0, 0.05) is 24.7 Å². The summed E-state index contributed by atoms with van der Waals surface area (Å²) in [5.41, 5.74) is 13.7. The van der Waals surface area contributed by atoms with Crippen molar-refractivity contribution in [2.45, 2.75) is 25.4 Å². The maximum absolute atomic E-state index is 12.4. The summed E-state index contributed by atoms with van der Waals surface area (Å²) in [6, 6.07) is 5.16. The number of hydrogen-bond donors (Lipinski definition) is 5. The van der Waals surface area contributed by atoms with Gasteiger partial charge in [0.2, 0.25) is 5.95 Å². The number of carboxylic acids is 2. The SMILES string of the molecule is CN(Cc1cnc2nc(N)nc(N)c2n1)c1ccc(C(=O)NC(CCC(=O)O)C(=O)O)cc1.[Ca+2].[H-].[H-]. The molecule has 13 nitrogen and oxygen atoms in total. The molecule has 7 N–H and O–H groups in total. The molecule has 0 saturated carbocycles. The fourth-order valence-electron chi connectivity index (χ4n) is 3.03. The third-order valence-electron chi connectivity index (χ3n) is 4.72. The van der Waals surface area contributed by atoms with Gasteiger partial charge in [-0.3, -0.25) is 9.59 Å². The van der Waals surface area contributed by atoms with E-state index in [1.54, 1.807) is 18.3 Å². The second-order valence-corrected chi connectivity index (χ2v) is 7.20. The number of fused-ring (bicyclic) bond motifs is 1. The van der Waals surface area contributed by atoms with Crippen molar-refractivity contribution in [2.75, 3.05) is 23.4 Å². The maximum atomic E-state index is 12.4. The Morgan fingerprint density at radius 1 is 1.12 bits per heavy atom. The molecule has 1 unspecified atom stereocenters. The van der Waals surface area contributed by atoms with Crippen LogP contribution >= 0.6 is 0 Å². The summed E-state index contributed by atoms with van der Waals surface area (Å²) >= 11 is 0. The Bertz CT molecular complexity index is 1220. The number of amides is 1. The van der Waals surface area contributed by atoms with Crippen LogP contribution in [-0.2, 0) is 16.1 Å². The van der Waals surface area contributed by atoms with Crippen LogP contribution in [0.25, 0.3) is 11.2 Å². The van der Waals surface area contributed by atoms with Crippen molar-refractivity contribution >= 4 is 84.2 Å². The van der Waals surface area contributed by atoms with Gasteiger partial charge in [-0.05, 0) is 30.7 Å². The molecule has 1 aromatic carbocycles. The van der Waals surface area contributed by atoms with Crippen molar-refractivity contribution in [1.29, 1.82) is 0 Å². The second kappa shape index (κ2) is 11.7. The van der Waals surface area contributed by atoms with Gasteiger partial charge in [-0.25, -0.2) is 14.8 Å². The summed E-state index contributed by atoms with van der Waals surface area (Å²) in [4.78, 5) is 52.7. The van der Waals surface area contributed by atoms with Gasteiger partial charge in [0.1, 0.15) is 6.04 Å². The van der Waals surface area contributed by atoms with E-state index in [1.165, 1.54) is 12.1 Å². The van der Waals surface area contributed by atoms with E-state index in [2.05, 4.69) is 25.3 Å². The zero-order chi connectivity index (χ0) is 24.1. The number of rotatable bonds is 9. The largest absolute Gasteiger partial charge is 2.00 e. The molecule has 3 rings (SSSR count). The topological polar surface area (TPSA) is 211 Å². The van der Waals surface area contributed by atoms with Crippen molar-refractivity contribution in [3.8, 4) is 0 Å². The number of aromatic nitrogens is 4. The minimum Gasteiger partial charge on any atom is -1.00 e. The van der Waals surface area contributed by atoms with Crippen molar-refractivity contribution in [2.24, 2.45) is 0 Å². The van der Waals surface area contributed by atoms with Crippen molar-refractivity contribution < 1.29 is 27.4 Å². The van der Waals surface area contributed by atoms with Gasteiger partial charge in [-0.2, -0.15) is 9.97 Å². The van der Waals surface area contributed by atoms with Crippen LogP contribution in [0.4, 0.5) is 17.5 Å². The third kappa shape index (κ3) is 6.85. The van der Waals surface area contributed by atoms with E-state index in [0.717, 1.165) is 5.69 Å². The number of benzene rings is 1. The standard InChI is InChI=1S/C20H22N8O5.Ca.2H/c1-28(9-11-8-23-17-15(24-11)16(21)26-20(22)27-17)12-4-2-10(3-5-12)18(31)25-13(19(32)33)6-7-14(29)30;;;/h2-5,8,13H,6-7,9H2,1H3,(H,25,31)(H,29,30)(H,32,33)(H4,21,22,23,26,27);;;/q;+2;2*-1. The zero-order valence-corrected chi connectivity index (χ0v) is 20.5. The van der Waals surface area contributed by atoms with E-state index in [1.807, 2.05) is 11.9 Å². The molecule has 34 heavy (non-hydrogen) atoms. The van der Waals surface area contributed by atoms with Gasteiger partial charge in [0.05, 0.1) is 18.4 Å². The van der Waals surface area contributed by atoms with Crippen molar-refractivity contribution in [3.63, 3.8) is 0 Å². The Balaban J connectivity index is 0.00000408. The van der Waals surface area contributed by atoms with Crippen LogP contribution in [0.3, 0.4) is 0 Å². The molecule has 0 aliphatic rings. The number of anilines is 3. The summed E-state index contributed by atoms with van der Waals surface area (Å²) in [6.45, 7) is 0.370. The zero-order valence-electron chi connectivity index (χ0n) is 20.3. The van der Waals surface area contributed by atoms with E-state index in [0.29, 0.717) is 23.4 Å². The van der Waals surface area contributed by atoms with Crippen LogP contribution < -0.4 is 21.7 Å². The molecule has 3 aromatic rings. The molecule has 1 amide bonds. The summed E-state index contributed by atoms with van der Waals surface area (Å²) in [5.74, 6) is -2.91. The normalized spacial score (nSPS) is 11.3. The Labute approximate surface area is 226 Å². The van der Waals surface area contributed by atoms with Crippen LogP contribution in [0.1, 0.15) is 31.7 Å². The second-order valence-electron chi connectivity index (χ2n) is 7.20. The van der Waals surface area contributed by atoms with E-state index < -0.39 is 23.9 Å². The quantitative estimate of drug-likeness (QED) is 0.250. The van der Waals surface area contributed by atoms with E-state index in [4.69, 9.17) is 16.6 Å². The molecule has 176 valence electrons. The molecule has 0 spiro atoms. The maximum Gasteiger partial charge on any atom is 2.00 e. The number of nitrogens with zero attached hydrogens (tertiary/aromatic N) is 5. The first kappa shape index (κ1) is 27.0. The molecule has 0 aliphatic carbocycles. The predicted molar refractivity (Wildman–Crippen MR) is 126 cm³/mol. The van der Waals surface area contributed by atoms with Crippen molar-refractivity contribution in [3.05, 3.63) is 41.7 Å². The molecule has 0 saturated heterocycles. The molecular weight excluding hydrogens is 472 g/mol. The molecule has 0 radical (unpaired) electrons. The molecule has 1 atom stereocenters. The average Bonchev–Trinajstić information content (AvgIpc) is 2.76. The summed E-state index contributed by atoms with van der Waals surface area (Å²) in [6.07, 6.45) is 0.964. The van der Waals surface area contributed by atoms with E-state index in [-0.39, 0.29) is 70.8 Å². The smallest absolute Gasteiger partial charge is 1.00 e. The summed E-state index contributed by atoms with van der Waals surface area (Å²) in [7, 11) is 1.82. The van der Waals surface area contributed by atoms with Crippen LogP contribution in [0.15, 0.2) is 30.5 Å². The number of carbonyl (C=O) groups excluding carboxylic acids is 1. The van der Waals surface area contributed by atoms with Crippen LogP contribution in [0.5, 0.6) is 0 Å². The first-order valence-corrected chi connectivity index (χ1v) is 9.75. The van der Waals surface area contributed by atoms with E-state index in [9.17, 15) is 19.5 Å².